The van der Waals surface area contributed by atoms with Crippen LogP contribution in [-0.2, 0) is 11.3 Å². The number of nitrogens with one attached hydrogen (secondary N) is 2. The highest BCUT2D eigenvalue weighted by Crippen LogP contribution is 2.16. The van der Waals surface area contributed by atoms with E-state index < -0.39 is 0 Å². The Kier molecular flexibility index (Phi) is 8.31. The van der Waals surface area contributed by atoms with Crippen LogP contribution in [0.2, 0.25) is 0 Å². The fourth-order valence-electron chi connectivity index (χ4n) is 3.34. The molecule has 2 N–H and O–H groups in total. The highest BCUT2D eigenvalue weighted by atomic mass is 127. The van der Waals surface area contributed by atoms with Crippen molar-refractivity contribution >= 4 is 40.7 Å². The van der Waals surface area contributed by atoms with Gasteiger partial charge in [0.2, 0.25) is 0 Å². The molecule has 2 aromatic rings. The molecule has 0 amide bonds. The lowest BCUT2D eigenvalue weighted by molar-refractivity contribution is -0.00834. The van der Waals surface area contributed by atoms with Crippen molar-refractivity contribution < 1.29 is 4.74 Å². The highest BCUT2D eigenvalue weighted by molar-refractivity contribution is 14.0. The van der Waals surface area contributed by atoms with Gasteiger partial charge in [-0.2, -0.15) is 0 Å². The number of nitrogens with zero attached hydrogens (tertiary/aromatic N) is 2. The second-order valence-corrected chi connectivity index (χ2v) is 7.37. The number of halogens is 1. The summed E-state index contributed by atoms with van der Waals surface area (Å²) in [5, 5.41) is 9.43. The summed E-state index contributed by atoms with van der Waals surface area (Å²) in [6.45, 7) is 9.73. The number of ether oxygens (including phenoxy) is 1. The zero-order valence-electron chi connectivity index (χ0n) is 16.5. The number of hydrogen-bond donors (Lipinski definition) is 2. The van der Waals surface area contributed by atoms with Gasteiger partial charge in [0.15, 0.2) is 5.96 Å². The number of fused-ring (bicyclic) bond motifs is 1. The van der Waals surface area contributed by atoms with Gasteiger partial charge in [-0.25, -0.2) is 0 Å². The second kappa shape index (κ2) is 10.2. The predicted octanol–water partition coefficient (Wildman–Crippen LogP) is 3.23. The molecule has 3 rings (SSSR count). The van der Waals surface area contributed by atoms with E-state index in [9.17, 15) is 0 Å². The fraction of sp³-hybridized carbons (Fsp3) is 0.476. The molecule has 0 radical (unpaired) electrons. The predicted molar refractivity (Wildman–Crippen MR) is 124 cm³/mol. The molecule has 6 heteroatoms. The summed E-state index contributed by atoms with van der Waals surface area (Å²) in [5.41, 5.74) is 1.31. The Balaban J connectivity index is 0.00000261. The number of hydrogen-bond acceptors (Lipinski definition) is 3. The molecule has 0 unspecified atom stereocenters. The molecule has 0 spiro atoms. The van der Waals surface area contributed by atoms with E-state index in [0.29, 0.717) is 0 Å². The zero-order valence-corrected chi connectivity index (χ0v) is 18.8. The first-order chi connectivity index (χ1) is 12.6. The van der Waals surface area contributed by atoms with Crippen LogP contribution in [0.1, 0.15) is 19.4 Å². The maximum atomic E-state index is 5.46. The average molecular weight is 482 g/mol. The third kappa shape index (κ3) is 6.05. The minimum Gasteiger partial charge on any atom is -0.379 e. The Morgan fingerprint density at radius 1 is 1.07 bits per heavy atom. The third-order valence-corrected chi connectivity index (χ3v) is 5.05. The molecule has 0 aliphatic carbocycles. The molecule has 148 valence electrons. The second-order valence-electron chi connectivity index (χ2n) is 7.37. The van der Waals surface area contributed by atoms with Crippen LogP contribution in [0, 0.1) is 0 Å². The van der Waals surface area contributed by atoms with E-state index >= 15 is 0 Å². The van der Waals surface area contributed by atoms with Crippen molar-refractivity contribution in [1.82, 2.24) is 15.5 Å². The fourth-order valence-corrected chi connectivity index (χ4v) is 3.34. The van der Waals surface area contributed by atoms with E-state index in [1.54, 1.807) is 0 Å². The van der Waals surface area contributed by atoms with Crippen molar-refractivity contribution in [2.45, 2.75) is 25.9 Å². The van der Waals surface area contributed by atoms with Crippen molar-refractivity contribution in [2.24, 2.45) is 4.99 Å². The summed E-state index contributed by atoms with van der Waals surface area (Å²) in [5.74, 6) is 0.833. The maximum absolute atomic E-state index is 5.46. The molecule has 1 aliphatic rings. The molecular formula is C21H31IN4O. The van der Waals surface area contributed by atoms with Crippen molar-refractivity contribution in [3.8, 4) is 0 Å². The molecule has 2 aromatic carbocycles. The topological polar surface area (TPSA) is 48.9 Å². The lowest BCUT2D eigenvalue weighted by atomic mass is 10.0. The lowest BCUT2D eigenvalue weighted by Crippen LogP contribution is -2.56. The monoisotopic (exact) mass is 482 g/mol. The molecule has 1 fully saturated rings. The van der Waals surface area contributed by atoms with Crippen molar-refractivity contribution in [3.05, 3.63) is 48.0 Å². The van der Waals surface area contributed by atoms with Gasteiger partial charge in [-0.3, -0.25) is 9.89 Å². The van der Waals surface area contributed by atoms with Gasteiger partial charge in [0.05, 0.1) is 13.2 Å². The Morgan fingerprint density at radius 3 is 2.48 bits per heavy atom. The number of aliphatic imine (C=N–C) groups is 1. The quantitative estimate of drug-likeness (QED) is 0.391. The van der Waals surface area contributed by atoms with Gasteiger partial charge in [-0.1, -0.05) is 36.4 Å². The summed E-state index contributed by atoms with van der Waals surface area (Å²) in [6.07, 6.45) is 0. The Labute approximate surface area is 179 Å². The third-order valence-electron chi connectivity index (χ3n) is 5.05. The summed E-state index contributed by atoms with van der Waals surface area (Å²) in [7, 11) is 1.82. The van der Waals surface area contributed by atoms with Gasteiger partial charge in [0.25, 0.3) is 0 Å². The molecule has 1 aliphatic heterocycles. The van der Waals surface area contributed by atoms with E-state index in [2.05, 4.69) is 76.8 Å². The normalized spacial score (nSPS) is 16.0. The smallest absolute Gasteiger partial charge is 0.191 e. The summed E-state index contributed by atoms with van der Waals surface area (Å²) in [6, 6.07) is 15.0. The van der Waals surface area contributed by atoms with Crippen molar-refractivity contribution in [3.63, 3.8) is 0 Å². The van der Waals surface area contributed by atoms with Gasteiger partial charge in [0.1, 0.15) is 0 Å². The highest BCUT2D eigenvalue weighted by Gasteiger charge is 2.28. The van der Waals surface area contributed by atoms with Gasteiger partial charge in [0, 0.05) is 38.8 Å². The lowest BCUT2D eigenvalue weighted by Gasteiger charge is -2.41. The van der Waals surface area contributed by atoms with E-state index in [4.69, 9.17) is 4.74 Å². The molecule has 1 heterocycles. The molecule has 5 nitrogen and oxygen atoms in total. The molecule has 0 aromatic heterocycles. The van der Waals surface area contributed by atoms with Gasteiger partial charge in [-0.05, 0) is 36.2 Å². The summed E-state index contributed by atoms with van der Waals surface area (Å²) >= 11 is 0. The van der Waals surface area contributed by atoms with Crippen LogP contribution in [-0.4, -0.2) is 56.3 Å². The first kappa shape index (κ1) is 21.9. The molecule has 1 saturated heterocycles. The van der Waals surface area contributed by atoms with Gasteiger partial charge in [-0.15, -0.1) is 24.0 Å². The Hall–Kier alpha value is -1.38. The molecule has 0 atom stereocenters. The molecule has 0 saturated carbocycles. The molecule has 27 heavy (non-hydrogen) atoms. The van der Waals surface area contributed by atoms with E-state index in [0.717, 1.165) is 45.4 Å². The van der Waals surface area contributed by atoms with E-state index in [-0.39, 0.29) is 29.5 Å². The van der Waals surface area contributed by atoms with Crippen molar-refractivity contribution in [2.75, 3.05) is 39.9 Å². The minimum absolute atomic E-state index is 0. The number of guanidine groups is 1. The van der Waals surface area contributed by atoms with Crippen LogP contribution in [0.4, 0.5) is 0 Å². The van der Waals surface area contributed by atoms with E-state index in [1.807, 2.05) is 7.05 Å². The Morgan fingerprint density at radius 2 is 1.78 bits per heavy atom. The summed E-state index contributed by atoms with van der Waals surface area (Å²) < 4.78 is 5.46. The summed E-state index contributed by atoms with van der Waals surface area (Å²) in [4.78, 5) is 6.84. The largest absolute Gasteiger partial charge is 0.379 e. The van der Waals surface area contributed by atoms with Crippen LogP contribution in [0.5, 0.6) is 0 Å². The van der Waals surface area contributed by atoms with Gasteiger partial charge >= 0.3 is 0 Å². The maximum Gasteiger partial charge on any atom is 0.191 e. The number of rotatable bonds is 5. The average Bonchev–Trinajstić information content (AvgIpc) is 2.68. The first-order valence-corrected chi connectivity index (χ1v) is 9.33. The zero-order chi connectivity index (χ0) is 18.4. The standard InChI is InChI=1S/C21H30N4O.HI/c1-21(2,25-10-12-26-13-11-25)16-24-20(22-3)23-15-17-8-9-18-6-4-5-7-19(18)14-17;/h4-9,14H,10-13,15-16H2,1-3H3,(H2,22,23,24);1H. The SMILES string of the molecule is CN=C(NCc1ccc2ccccc2c1)NCC(C)(C)N1CCOCC1.I. The van der Waals surface area contributed by atoms with Crippen LogP contribution in [0.3, 0.4) is 0 Å². The van der Waals surface area contributed by atoms with Crippen LogP contribution < -0.4 is 10.6 Å². The molecule has 0 bridgehead atoms. The van der Waals surface area contributed by atoms with Crippen LogP contribution in [0.15, 0.2) is 47.5 Å². The van der Waals surface area contributed by atoms with Crippen molar-refractivity contribution in [1.29, 1.82) is 0 Å². The van der Waals surface area contributed by atoms with Gasteiger partial charge < -0.3 is 15.4 Å². The van der Waals surface area contributed by atoms with E-state index in [1.165, 1.54) is 16.3 Å². The minimum atomic E-state index is 0. The Bertz CT molecular complexity index is 757. The van der Waals surface area contributed by atoms with Crippen LogP contribution in [0.25, 0.3) is 10.8 Å². The first-order valence-electron chi connectivity index (χ1n) is 9.33. The number of benzene rings is 2. The number of morpholine rings is 1. The molecular weight excluding hydrogens is 451 g/mol. The van der Waals surface area contributed by atoms with Crippen LogP contribution >= 0.6 is 24.0 Å².